The van der Waals surface area contributed by atoms with Gasteiger partial charge in [-0.3, -0.25) is 0 Å². The molecule has 0 spiro atoms. The molecular weight excluding hydrogens is 312 g/mol. The number of ether oxygens (including phenoxy) is 1. The summed E-state index contributed by atoms with van der Waals surface area (Å²) in [7, 11) is 1.63. The monoisotopic (exact) mass is 326 g/mol. The lowest BCUT2D eigenvalue weighted by atomic mass is 10.1. The van der Waals surface area contributed by atoms with Crippen molar-refractivity contribution in [3.05, 3.63) is 50.1 Å². The smallest absolute Gasteiger partial charge is 0.120 e. The summed E-state index contributed by atoms with van der Waals surface area (Å²) in [4.78, 5) is 2.26. The van der Waals surface area contributed by atoms with Gasteiger partial charge >= 0.3 is 0 Å². The van der Waals surface area contributed by atoms with Gasteiger partial charge in [0.1, 0.15) is 11.9 Å². The van der Waals surface area contributed by atoms with Crippen molar-refractivity contribution in [3.8, 4) is 5.75 Å². The van der Waals surface area contributed by atoms with Crippen LogP contribution in [-0.4, -0.2) is 12.2 Å². The molecule has 96 valence electrons. The molecule has 0 fully saturated rings. The molecule has 2 nitrogen and oxygen atoms in total. The van der Waals surface area contributed by atoms with Gasteiger partial charge in [-0.15, -0.1) is 11.3 Å². The van der Waals surface area contributed by atoms with Crippen LogP contribution in [0.2, 0.25) is 0 Å². The maximum atomic E-state index is 10.4. The minimum absolute atomic E-state index is 0.587. The average molecular weight is 327 g/mol. The van der Waals surface area contributed by atoms with Crippen molar-refractivity contribution in [3.63, 3.8) is 0 Å². The summed E-state index contributed by atoms with van der Waals surface area (Å²) in [6, 6.07) is 9.68. The zero-order valence-corrected chi connectivity index (χ0v) is 12.7. The van der Waals surface area contributed by atoms with E-state index in [0.717, 1.165) is 27.1 Å². The summed E-state index contributed by atoms with van der Waals surface area (Å²) in [5.41, 5.74) is 0.861. The van der Waals surface area contributed by atoms with Gasteiger partial charge in [-0.1, -0.05) is 28.9 Å². The quantitative estimate of drug-likeness (QED) is 0.913. The summed E-state index contributed by atoms with van der Waals surface area (Å²) in [6.45, 7) is 2.12. The molecule has 0 aliphatic rings. The van der Waals surface area contributed by atoms with E-state index in [2.05, 4.69) is 28.9 Å². The Hall–Kier alpha value is -0.840. The van der Waals surface area contributed by atoms with E-state index in [0.29, 0.717) is 0 Å². The molecular formula is C14H15BrO2S. The predicted octanol–water partition coefficient (Wildman–Crippen LogP) is 4.16. The van der Waals surface area contributed by atoms with Crippen molar-refractivity contribution in [2.45, 2.75) is 19.4 Å². The number of hydrogen-bond acceptors (Lipinski definition) is 3. The normalized spacial score (nSPS) is 12.4. The van der Waals surface area contributed by atoms with Crippen molar-refractivity contribution in [1.82, 2.24) is 0 Å². The first-order valence-electron chi connectivity index (χ1n) is 5.75. The fourth-order valence-corrected chi connectivity index (χ4v) is 3.27. The number of rotatable bonds is 4. The van der Waals surface area contributed by atoms with Crippen molar-refractivity contribution in [2.75, 3.05) is 7.11 Å². The van der Waals surface area contributed by atoms with Crippen LogP contribution in [-0.2, 0) is 6.42 Å². The summed E-state index contributed by atoms with van der Waals surface area (Å²) >= 11 is 5.13. The molecule has 1 atom stereocenters. The average Bonchev–Trinajstić information content (AvgIpc) is 2.86. The minimum Gasteiger partial charge on any atom is -0.497 e. The van der Waals surface area contributed by atoms with E-state index >= 15 is 0 Å². The van der Waals surface area contributed by atoms with Crippen LogP contribution in [0.1, 0.15) is 28.3 Å². The zero-order valence-electron chi connectivity index (χ0n) is 10.3. The van der Waals surface area contributed by atoms with E-state index in [4.69, 9.17) is 4.74 Å². The third kappa shape index (κ3) is 2.76. The highest BCUT2D eigenvalue weighted by molar-refractivity contribution is 9.10. The highest BCUT2D eigenvalue weighted by Crippen LogP contribution is 2.34. The van der Waals surface area contributed by atoms with Crippen LogP contribution in [0.3, 0.4) is 0 Å². The lowest BCUT2D eigenvalue weighted by Crippen LogP contribution is -1.98. The van der Waals surface area contributed by atoms with Gasteiger partial charge in [0, 0.05) is 19.8 Å². The lowest BCUT2D eigenvalue weighted by Gasteiger charge is -2.12. The molecule has 0 saturated carbocycles. The first-order valence-corrected chi connectivity index (χ1v) is 7.36. The van der Waals surface area contributed by atoms with Crippen LogP contribution in [0.5, 0.6) is 5.75 Å². The second kappa shape index (κ2) is 5.87. The van der Waals surface area contributed by atoms with E-state index < -0.39 is 6.10 Å². The van der Waals surface area contributed by atoms with Crippen molar-refractivity contribution < 1.29 is 9.84 Å². The van der Waals surface area contributed by atoms with Crippen LogP contribution in [0.15, 0.2) is 34.8 Å². The highest BCUT2D eigenvalue weighted by atomic mass is 79.9. The summed E-state index contributed by atoms with van der Waals surface area (Å²) in [5.74, 6) is 0.776. The molecule has 0 saturated heterocycles. The number of benzene rings is 1. The van der Waals surface area contributed by atoms with Crippen LogP contribution < -0.4 is 4.74 Å². The number of hydrogen-bond donors (Lipinski definition) is 1. The number of aliphatic hydroxyl groups excluding tert-OH is 1. The second-order valence-electron chi connectivity index (χ2n) is 3.95. The Labute approximate surface area is 119 Å². The Morgan fingerprint density at radius 3 is 2.67 bits per heavy atom. The Bertz CT molecular complexity index is 536. The Morgan fingerprint density at radius 2 is 2.11 bits per heavy atom. The summed E-state index contributed by atoms with van der Waals surface area (Å²) in [6.07, 6.45) is 0.414. The first kappa shape index (κ1) is 13.6. The van der Waals surface area contributed by atoms with E-state index in [1.807, 2.05) is 24.3 Å². The zero-order chi connectivity index (χ0) is 13.1. The number of aryl methyl sites for hydroxylation is 1. The molecule has 4 heteroatoms. The van der Waals surface area contributed by atoms with Gasteiger partial charge in [0.05, 0.1) is 7.11 Å². The van der Waals surface area contributed by atoms with Gasteiger partial charge in [0.25, 0.3) is 0 Å². The van der Waals surface area contributed by atoms with Crippen molar-refractivity contribution in [1.29, 1.82) is 0 Å². The maximum Gasteiger partial charge on any atom is 0.120 e. The Balaban J connectivity index is 2.30. The van der Waals surface area contributed by atoms with Gasteiger partial charge in [-0.05, 0) is 30.7 Å². The molecule has 1 heterocycles. The predicted molar refractivity (Wildman–Crippen MR) is 78.5 cm³/mol. The fourth-order valence-electron chi connectivity index (χ4n) is 1.74. The minimum atomic E-state index is -0.587. The largest absolute Gasteiger partial charge is 0.497 e. The Kier molecular flexibility index (Phi) is 4.43. The molecule has 1 aromatic heterocycles. The topological polar surface area (TPSA) is 29.5 Å². The molecule has 0 bridgehead atoms. The molecule has 2 aromatic rings. The Morgan fingerprint density at radius 1 is 1.33 bits per heavy atom. The van der Waals surface area contributed by atoms with Gasteiger partial charge in [-0.2, -0.15) is 0 Å². The summed E-state index contributed by atoms with van der Waals surface area (Å²) in [5, 5.41) is 10.4. The van der Waals surface area contributed by atoms with Crippen molar-refractivity contribution >= 4 is 27.3 Å². The molecule has 2 rings (SSSR count). The third-order valence-electron chi connectivity index (χ3n) is 2.80. The molecule has 1 unspecified atom stereocenters. The third-order valence-corrected chi connectivity index (χ3v) is 4.77. The van der Waals surface area contributed by atoms with Crippen LogP contribution >= 0.6 is 27.3 Å². The van der Waals surface area contributed by atoms with Crippen LogP contribution in [0.4, 0.5) is 0 Å². The molecule has 0 radical (unpaired) electrons. The molecule has 0 amide bonds. The summed E-state index contributed by atoms with van der Waals surface area (Å²) < 4.78 is 6.01. The standard InChI is InChI=1S/C14H15BrO2S/c1-3-10-5-7-13(18-10)14(16)11-6-4-9(17-2)8-12(11)15/h4-8,14,16H,3H2,1-2H3. The first-order chi connectivity index (χ1) is 8.65. The van der Waals surface area contributed by atoms with E-state index in [1.165, 1.54) is 4.88 Å². The van der Waals surface area contributed by atoms with Gasteiger partial charge in [-0.25, -0.2) is 0 Å². The van der Waals surface area contributed by atoms with Gasteiger partial charge in [0.15, 0.2) is 0 Å². The lowest BCUT2D eigenvalue weighted by molar-refractivity contribution is 0.223. The number of methoxy groups -OCH3 is 1. The second-order valence-corrected chi connectivity index (χ2v) is 6.00. The number of halogens is 1. The molecule has 0 aliphatic carbocycles. The van der Waals surface area contributed by atoms with E-state index in [9.17, 15) is 5.11 Å². The molecule has 0 aliphatic heterocycles. The molecule has 1 N–H and O–H groups in total. The van der Waals surface area contributed by atoms with E-state index in [1.54, 1.807) is 18.4 Å². The molecule has 18 heavy (non-hydrogen) atoms. The SMILES string of the molecule is CCc1ccc(C(O)c2ccc(OC)cc2Br)s1. The van der Waals surface area contributed by atoms with E-state index in [-0.39, 0.29) is 0 Å². The number of thiophene rings is 1. The molecule has 1 aromatic carbocycles. The van der Waals surface area contributed by atoms with Crippen LogP contribution in [0, 0.1) is 0 Å². The maximum absolute atomic E-state index is 10.4. The van der Waals surface area contributed by atoms with Crippen molar-refractivity contribution in [2.24, 2.45) is 0 Å². The fraction of sp³-hybridized carbons (Fsp3) is 0.286. The van der Waals surface area contributed by atoms with Gasteiger partial charge < -0.3 is 9.84 Å². The van der Waals surface area contributed by atoms with Crippen LogP contribution in [0.25, 0.3) is 0 Å². The van der Waals surface area contributed by atoms with Gasteiger partial charge in [0.2, 0.25) is 0 Å². The highest BCUT2D eigenvalue weighted by Gasteiger charge is 2.16. The number of aliphatic hydroxyl groups is 1.